The van der Waals surface area contributed by atoms with Gasteiger partial charge in [0.2, 0.25) is 0 Å². The molecule has 1 heteroatoms. The van der Waals surface area contributed by atoms with Crippen molar-refractivity contribution in [2.75, 3.05) is 0 Å². The highest BCUT2D eigenvalue weighted by molar-refractivity contribution is 5.25. The number of rotatable bonds is 4. The van der Waals surface area contributed by atoms with Gasteiger partial charge < -0.3 is 5.11 Å². The fraction of sp³-hybridized carbons (Fsp3) is 0.917. The van der Waals surface area contributed by atoms with Crippen molar-refractivity contribution in [3.05, 3.63) is 11.6 Å². The summed E-state index contributed by atoms with van der Waals surface area (Å²) in [7, 11) is 0. The number of aliphatic hydroxyl groups excluding tert-OH is 1. The van der Waals surface area contributed by atoms with Gasteiger partial charge in [0.05, 0.1) is 6.10 Å². The molecule has 142 valence electrons. The van der Waals surface area contributed by atoms with E-state index in [-0.39, 0.29) is 6.10 Å². The average Bonchev–Trinajstić information content (AvgIpc) is 2.92. The Hall–Kier alpha value is -0.300. The third kappa shape index (κ3) is 2.84. The Kier molecular flexibility index (Phi) is 4.84. The Morgan fingerprint density at radius 2 is 1.88 bits per heavy atom. The van der Waals surface area contributed by atoms with Crippen LogP contribution in [0.3, 0.4) is 0 Å². The maximum atomic E-state index is 10.1. The fourth-order valence-corrected chi connectivity index (χ4v) is 7.87. The maximum Gasteiger partial charge on any atom is 0.0577 e. The van der Waals surface area contributed by atoms with Crippen LogP contribution in [0.1, 0.15) is 97.8 Å². The van der Waals surface area contributed by atoms with Crippen LogP contribution in [-0.4, -0.2) is 11.2 Å². The van der Waals surface area contributed by atoms with Crippen molar-refractivity contribution < 1.29 is 5.11 Å². The topological polar surface area (TPSA) is 20.2 Å². The highest BCUT2D eigenvalue weighted by Gasteiger charge is 2.58. The van der Waals surface area contributed by atoms with Crippen molar-refractivity contribution in [3.8, 4) is 0 Å². The first-order chi connectivity index (χ1) is 12.0. The summed E-state index contributed by atoms with van der Waals surface area (Å²) in [5, 5.41) is 10.1. The standard InChI is InChI=1S/C24H40O/c1-4-5-6-7-17-9-11-21-20-10-8-18-16-19(25)12-14-24(18,3)22(20)13-15-23(17,21)2/h8,17,19-22,25H,4-7,9-16H2,1-3H3/t17-,19-,20-,21?,22?,23+,24-/m0/s1. The molecule has 0 aliphatic heterocycles. The van der Waals surface area contributed by atoms with Crippen molar-refractivity contribution in [2.45, 2.75) is 104 Å². The van der Waals surface area contributed by atoms with E-state index >= 15 is 0 Å². The number of fused-ring (bicyclic) bond motifs is 5. The number of aliphatic hydroxyl groups is 1. The van der Waals surface area contributed by atoms with Gasteiger partial charge in [-0.05, 0) is 92.3 Å². The summed E-state index contributed by atoms with van der Waals surface area (Å²) < 4.78 is 0. The van der Waals surface area contributed by atoms with Crippen molar-refractivity contribution in [2.24, 2.45) is 34.5 Å². The van der Waals surface area contributed by atoms with Crippen molar-refractivity contribution in [3.63, 3.8) is 0 Å². The number of unbranched alkanes of at least 4 members (excludes halogenated alkanes) is 2. The second kappa shape index (κ2) is 6.70. The highest BCUT2D eigenvalue weighted by atomic mass is 16.3. The van der Waals surface area contributed by atoms with E-state index in [1.165, 1.54) is 64.2 Å². The molecule has 0 saturated heterocycles. The summed E-state index contributed by atoms with van der Waals surface area (Å²) >= 11 is 0. The van der Waals surface area contributed by atoms with Crippen LogP contribution in [0.25, 0.3) is 0 Å². The lowest BCUT2D eigenvalue weighted by Gasteiger charge is -2.58. The highest BCUT2D eigenvalue weighted by Crippen LogP contribution is 2.66. The first-order valence-electron chi connectivity index (χ1n) is 11.4. The molecule has 2 unspecified atom stereocenters. The molecule has 0 aromatic heterocycles. The van der Waals surface area contributed by atoms with Crippen LogP contribution in [0.15, 0.2) is 11.6 Å². The van der Waals surface area contributed by atoms with Crippen LogP contribution in [0.5, 0.6) is 0 Å². The van der Waals surface area contributed by atoms with E-state index in [9.17, 15) is 5.11 Å². The zero-order chi connectivity index (χ0) is 17.7. The fourth-order valence-electron chi connectivity index (χ4n) is 7.87. The maximum absolute atomic E-state index is 10.1. The van der Waals surface area contributed by atoms with Gasteiger partial charge in [0.1, 0.15) is 0 Å². The van der Waals surface area contributed by atoms with E-state index in [0.717, 1.165) is 36.5 Å². The summed E-state index contributed by atoms with van der Waals surface area (Å²) in [5.41, 5.74) is 2.66. The lowest BCUT2D eigenvalue weighted by atomic mass is 9.47. The first kappa shape index (κ1) is 18.1. The molecular formula is C24H40O. The van der Waals surface area contributed by atoms with Crippen LogP contribution < -0.4 is 0 Å². The summed E-state index contributed by atoms with van der Waals surface area (Å²) in [5.74, 6) is 3.79. The van der Waals surface area contributed by atoms with E-state index in [1.807, 2.05) is 0 Å². The predicted molar refractivity (Wildman–Crippen MR) is 105 cm³/mol. The van der Waals surface area contributed by atoms with Crippen LogP contribution in [0.4, 0.5) is 0 Å². The van der Waals surface area contributed by atoms with Crippen molar-refractivity contribution in [1.29, 1.82) is 0 Å². The summed E-state index contributed by atoms with van der Waals surface area (Å²) in [6.07, 6.45) is 18.7. The molecule has 4 rings (SSSR count). The second-order valence-electron chi connectivity index (χ2n) is 10.5. The van der Waals surface area contributed by atoms with Gasteiger partial charge in [-0.15, -0.1) is 0 Å². The Labute approximate surface area is 155 Å². The van der Waals surface area contributed by atoms with E-state index < -0.39 is 0 Å². The molecule has 0 bridgehead atoms. The van der Waals surface area contributed by atoms with Gasteiger partial charge in [-0.25, -0.2) is 0 Å². The second-order valence-corrected chi connectivity index (χ2v) is 10.5. The third-order valence-electron chi connectivity index (χ3n) is 9.43. The Balaban J connectivity index is 1.54. The van der Waals surface area contributed by atoms with Crippen LogP contribution in [0, 0.1) is 34.5 Å². The molecule has 1 N–H and O–H groups in total. The molecule has 1 nitrogen and oxygen atoms in total. The number of allylic oxidation sites excluding steroid dienone is 1. The summed E-state index contributed by atoms with van der Waals surface area (Å²) in [4.78, 5) is 0. The van der Waals surface area contributed by atoms with Gasteiger partial charge in [0, 0.05) is 0 Å². The molecule has 0 spiro atoms. The smallest absolute Gasteiger partial charge is 0.0577 e. The quantitative estimate of drug-likeness (QED) is 0.455. The van der Waals surface area contributed by atoms with Gasteiger partial charge in [-0.2, -0.15) is 0 Å². The van der Waals surface area contributed by atoms with Crippen LogP contribution in [-0.2, 0) is 0 Å². The summed E-state index contributed by atoms with van der Waals surface area (Å²) in [6, 6.07) is 0. The Bertz CT molecular complexity index is 522. The van der Waals surface area contributed by atoms with E-state index in [4.69, 9.17) is 0 Å². The Morgan fingerprint density at radius 1 is 1.04 bits per heavy atom. The number of hydrogen-bond donors (Lipinski definition) is 1. The van der Waals surface area contributed by atoms with E-state index in [1.54, 1.807) is 5.57 Å². The largest absolute Gasteiger partial charge is 0.393 e. The van der Waals surface area contributed by atoms with Crippen LogP contribution in [0.2, 0.25) is 0 Å². The van der Waals surface area contributed by atoms with E-state index in [2.05, 4.69) is 26.8 Å². The monoisotopic (exact) mass is 344 g/mol. The molecule has 0 aromatic rings. The molecule has 0 aromatic carbocycles. The molecule has 3 saturated carbocycles. The van der Waals surface area contributed by atoms with Gasteiger partial charge in [0.15, 0.2) is 0 Å². The predicted octanol–water partition coefficient (Wildman–Crippen LogP) is 6.51. The van der Waals surface area contributed by atoms with Gasteiger partial charge in [-0.3, -0.25) is 0 Å². The van der Waals surface area contributed by atoms with E-state index in [0.29, 0.717) is 10.8 Å². The molecule has 25 heavy (non-hydrogen) atoms. The molecular weight excluding hydrogens is 304 g/mol. The van der Waals surface area contributed by atoms with Crippen LogP contribution >= 0.6 is 0 Å². The minimum Gasteiger partial charge on any atom is -0.393 e. The zero-order valence-electron chi connectivity index (χ0n) is 16.9. The molecule has 4 aliphatic rings. The minimum atomic E-state index is -0.0702. The van der Waals surface area contributed by atoms with Crippen molar-refractivity contribution >= 4 is 0 Å². The number of hydrogen-bond acceptors (Lipinski definition) is 1. The summed E-state index contributed by atoms with van der Waals surface area (Å²) in [6.45, 7) is 7.56. The molecule has 0 heterocycles. The molecule has 0 amide bonds. The first-order valence-corrected chi connectivity index (χ1v) is 11.4. The lowest BCUT2D eigenvalue weighted by molar-refractivity contribution is -0.0508. The molecule has 7 atom stereocenters. The van der Waals surface area contributed by atoms with Gasteiger partial charge in [0.25, 0.3) is 0 Å². The van der Waals surface area contributed by atoms with Crippen molar-refractivity contribution in [1.82, 2.24) is 0 Å². The minimum absolute atomic E-state index is 0.0702. The zero-order valence-corrected chi connectivity index (χ0v) is 16.9. The normalized spacial score (nSPS) is 49.1. The van der Waals surface area contributed by atoms with Gasteiger partial charge >= 0.3 is 0 Å². The third-order valence-corrected chi connectivity index (χ3v) is 9.43. The molecule has 0 radical (unpaired) electrons. The average molecular weight is 345 g/mol. The molecule has 3 fully saturated rings. The lowest BCUT2D eigenvalue weighted by Crippen LogP contribution is -2.50. The van der Waals surface area contributed by atoms with Gasteiger partial charge in [-0.1, -0.05) is 51.7 Å². The Morgan fingerprint density at radius 3 is 2.68 bits per heavy atom. The SMILES string of the molecule is CCCCC[C@H]1CCC2[C@@H]3CC=C4C[C@@H](O)CC[C@]4(C)C3CC[C@@]21C. The molecule has 4 aliphatic carbocycles.